The van der Waals surface area contributed by atoms with Gasteiger partial charge in [-0.1, -0.05) is 0 Å². The maximum Gasteiger partial charge on any atom is 0.316 e. The summed E-state index contributed by atoms with van der Waals surface area (Å²) in [5.74, 6) is 1.33. The number of hydrogen-bond acceptors (Lipinski definition) is 7. The van der Waals surface area contributed by atoms with E-state index in [4.69, 9.17) is 4.74 Å². The molecule has 7 heteroatoms. The van der Waals surface area contributed by atoms with Gasteiger partial charge >= 0.3 is 6.01 Å². The van der Waals surface area contributed by atoms with Gasteiger partial charge in [0.05, 0.1) is 6.61 Å². The smallest absolute Gasteiger partial charge is 0.316 e. The third kappa shape index (κ3) is 3.66. The third-order valence-corrected chi connectivity index (χ3v) is 4.38. The Balaban J connectivity index is 1.55. The van der Waals surface area contributed by atoms with E-state index in [2.05, 4.69) is 24.2 Å². The summed E-state index contributed by atoms with van der Waals surface area (Å²) in [5, 5.41) is 1.02. The lowest BCUT2D eigenvalue weighted by Crippen LogP contribution is -2.37. The van der Waals surface area contributed by atoms with Crippen molar-refractivity contribution in [1.29, 1.82) is 0 Å². The van der Waals surface area contributed by atoms with Crippen LogP contribution < -0.4 is 9.64 Å². The fourth-order valence-corrected chi connectivity index (χ4v) is 3.15. The predicted molar refractivity (Wildman–Crippen MR) is 81.8 cm³/mol. The summed E-state index contributed by atoms with van der Waals surface area (Å²) in [6.45, 7) is 6.55. The van der Waals surface area contributed by atoms with Crippen molar-refractivity contribution in [2.75, 3.05) is 24.6 Å². The Morgan fingerprint density at radius 1 is 1.33 bits per heavy atom. The van der Waals surface area contributed by atoms with Crippen LogP contribution in [0.25, 0.3) is 0 Å². The van der Waals surface area contributed by atoms with Crippen molar-refractivity contribution in [2.45, 2.75) is 26.7 Å². The minimum atomic E-state index is 0.462. The molecule has 1 unspecified atom stereocenters. The lowest BCUT2D eigenvalue weighted by molar-refractivity contribution is 0.214. The maximum absolute atomic E-state index is 5.71. The van der Waals surface area contributed by atoms with Crippen LogP contribution in [0.5, 0.6) is 6.01 Å². The summed E-state index contributed by atoms with van der Waals surface area (Å²) in [6.07, 6.45) is 5.88. The second-order valence-electron chi connectivity index (χ2n) is 5.43. The van der Waals surface area contributed by atoms with Gasteiger partial charge in [-0.2, -0.15) is 4.37 Å². The molecule has 1 aliphatic rings. The Bertz CT molecular complexity index is 585. The highest BCUT2D eigenvalue weighted by atomic mass is 32.1. The zero-order valence-electron chi connectivity index (χ0n) is 12.3. The van der Waals surface area contributed by atoms with Crippen molar-refractivity contribution in [1.82, 2.24) is 19.3 Å². The lowest BCUT2D eigenvalue weighted by Gasteiger charge is -2.31. The molecule has 1 saturated heterocycles. The van der Waals surface area contributed by atoms with Gasteiger partial charge in [0.2, 0.25) is 5.13 Å². The Hall–Kier alpha value is -1.76. The van der Waals surface area contributed by atoms with Crippen LogP contribution in [0.2, 0.25) is 0 Å². The van der Waals surface area contributed by atoms with Gasteiger partial charge in [-0.3, -0.25) is 0 Å². The Morgan fingerprint density at radius 3 is 2.86 bits per heavy atom. The number of aryl methyl sites for hydroxylation is 2. The summed E-state index contributed by atoms with van der Waals surface area (Å²) in [7, 11) is 0. The van der Waals surface area contributed by atoms with Gasteiger partial charge in [-0.05, 0) is 32.3 Å². The second-order valence-corrected chi connectivity index (χ2v) is 6.16. The van der Waals surface area contributed by atoms with Crippen molar-refractivity contribution in [2.24, 2.45) is 5.92 Å². The summed E-state index contributed by atoms with van der Waals surface area (Å²) in [6, 6.07) is 0.462. The second kappa shape index (κ2) is 6.34. The van der Waals surface area contributed by atoms with E-state index in [1.54, 1.807) is 12.4 Å². The molecule has 0 N–H and O–H groups in total. The summed E-state index contributed by atoms with van der Waals surface area (Å²) in [5.41, 5.74) is 1.04. The zero-order valence-corrected chi connectivity index (χ0v) is 13.1. The topological polar surface area (TPSA) is 64.0 Å². The SMILES string of the molecule is Cc1cnc(OCC2CCCN(c3nc(C)ns3)C2)nc1. The molecule has 1 atom stereocenters. The van der Waals surface area contributed by atoms with Gasteiger partial charge < -0.3 is 9.64 Å². The van der Waals surface area contributed by atoms with Crippen LogP contribution in [0, 0.1) is 19.8 Å². The lowest BCUT2D eigenvalue weighted by atomic mass is 9.99. The molecule has 0 amide bonds. The molecule has 3 rings (SSSR count). The molecule has 3 heterocycles. The highest BCUT2D eigenvalue weighted by molar-refractivity contribution is 7.09. The summed E-state index contributed by atoms with van der Waals surface area (Å²) < 4.78 is 9.96. The van der Waals surface area contributed by atoms with Crippen molar-refractivity contribution in [3.05, 3.63) is 23.8 Å². The molecule has 0 spiro atoms. The number of hydrogen-bond donors (Lipinski definition) is 0. The summed E-state index contributed by atoms with van der Waals surface area (Å²) >= 11 is 1.47. The van der Waals surface area contributed by atoms with Crippen LogP contribution in [0.3, 0.4) is 0 Å². The monoisotopic (exact) mass is 305 g/mol. The molecule has 0 aromatic carbocycles. The van der Waals surface area contributed by atoms with E-state index in [-0.39, 0.29) is 0 Å². The largest absolute Gasteiger partial charge is 0.463 e. The van der Waals surface area contributed by atoms with Crippen molar-refractivity contribution in [3.63, 3.8) is 0 Å². The molecule has 21 heavy (non-hydrogen) atoms. The number of aromatic nitrogens is 4. The zero-order chi connectivity index (χ0) is 14.7. The first-order valence-corrected chi connectivity index (χ1v) is 7.95. The average Bonchev–Trinajstić information content (AvgIpc) is 2.94. The van der Waals surface area contributed by atoms with E-state index in [1.807, 2.05) is 13.8 Å². The van der Waals surface area contributed by atoms with Crippen LogP contribution in [-0.2, 0) is 0 Å². The number of ether oxygens (including phenoxy) is 1. The molecule has 0 aliphatic carbocycles. The molecular formula is C14H19N5OS. The molecule has 6 nitrogen and oxygen atoms in total. The molecule has 0 radical (unpaired) electrons. The maximum atomic E-state index is 5.71. The first-order chi connectivity index (χ1) is 10.2. The normalized spacial score (nSPS) is 18.8. The van der Waals surface area contributed by atoms with Crippen molar-refractivity contribution >= 4 is 16.7 Å². The number of piperidine rings is 1. The quantitative estimate of drug-likeness (QED) is 0.863. The minimum absolute atomic E-state index is 0.462. The molecule has 2 aromatic rings. The van der Waals surface area contributed by atoms with E-state index in [9.17, 15) is 0 Å². The average molecular weight is 305 g/mol. The van der Waals surface area contributed by atoms with Gasteiger partial charge in [0.15, 0.2) is 0 Å². The van der Waals surface area contributed by atoms with Crippen LogP contribution in [-0.4, -0.2) is 39.0 Å². The van der Waals surface area contributed by atoms with Crippen molar-refractivity contribution < 1.29 is 4.74 Å². The Labute approximate surface area is 128 Å². The Morgan fingerprint density at radius 2 is 2.14 bits per heavy atom. The third-order valence-electron chi connectivity index (χ3n) is 3.51. The van der Waals surface area contributed by atoms with Crippen LogP contribution in [0.1, 0.15) is 24.2 Å². The van der Waals surface area contributed by atoms with E-state index in [0.29, 0.717) is 18.5 Å². The van der Waals surface area contributed by atoms with E-state index >= 15 is 0 Å². The fraction of sp³-hybridized carbons (Fsp3) is 0.571. The van der Waals surface area contributed by atoms with E-state index in [1.165, 1.54) is 18.0 Å². The number of rotatable bonds is 4. The molecule has 112 valence electrons. The minimum Gasteiger partial charge on any atom is -0.463 e. The molecule has 0 saturated carbocycles. The number of nitrogens with zero attached hydrogens (tertiary/aromatic N) is 5. The van der Waals surface area contributed by atoms with Gasteiger partial charge in [0, 0.05) is 42.9 Å². The molecule has 0 bridgehead atoms. The van der Waals surface area contributed by atoms with E-state index in [0.717, 1.165) is 36.0 Å². The van der Waals surface area contributed by atoms with Crippen LogP contribution in [0.4, 0.5) is 5.13 Å². The first-order valence-electron chi connectivity index (χ1n) is 7.17. The highest BCUT2D eigenvalue weighted by Gasteiger charge is 2.23. The van der Waals surface area contributed by atoms with Gasteiger partial charge in [0.1, 0.15) is 5.82 Å². The molecule has 2 aromatic heterocycles. The Kier molecular flexibility index (Phi) is 4.28. The molecular weight excluding hydrogens is 286 g/mol. The molecule has 1 fully saturated rings. The van der Waals surface area contributed by atoms with Crippen LogP contribution in [0.15, 0.2) is 12.4 Å². The van der Waals surface area contributed by atoms with Gasteiger partial charge in [-0.25, -0.2) is 15.0 Å². The highest BCUT2D eigenvalue weighted by Crippen LogP contribution is 2.24. The standard InChI is InChI=1S/C14H19N5OS/c1-10-6-15-13(16-7-10)20-9-12-4-3-5-19(8-12)14-17-11(2)18-21-14/h6-7,12H,3-5,8-9H2,1-2H3. The molecule has 1 aliphatic heterocycles. The van der Waals surface area contributed by atoms with Gasteiger partial charge in [0.25, 0.3) is 0 Å². The van der Waals surface area contributed by atoms with Gasteiger partial charge in [-0.15, -0.1) is 0 Å². The van der Waals surface area contributed by atoms with E-state index < -0.39 is 0 Å². The fourth-order valence-electron chi connectivity index (χ4n) is 2.44. The predicted octanol–water partition coefficient (Wildman–Crippen LogP) is 2.24. The van der Waals surface area contributed by atoms with Crippen LogP contribution >= 0.6 is 11.5 Å². The number of anilines is 1. The summed E-state index contributed by atoms with van der Waals surface area (Å²) in [4.78, 5) is 15.1. The van der Waals surface area contributed by atoms with Crippen molar-refractivity contribution in [3.8, 4) is 6.01 Å². The first kappa shape index (κ1) is 14.2.